The predicted molar refractivity (Wildman–Crippen MR) is 60.2 cm³/mol. The SMILES string of the molecule is CC(C)(C)c1cc(=S)[nH]c(=O)n1CC#N. The number of hydrogen-bond donors (Lipinski definition) is 1. The molecular weight excluding hydrogens is 210 g/mol. The maximum atomic E-state index is 11.6. The van der Waals surface area contributed by atoms with Gasteiger partial charge in [-0.3, -0.25) is 9.55 Å². The van der Waals surface area contributed by atoms with Gasteiger partial charge in [0.05, 0.1) is 6.07 Å². The van der Waals surface area contributed by atoms with Crippen LogP contribution in [0.3, 0.4) is 0 Å². The van der Waals surface area contributed by atoms with Crippen LogP contribution in [0, 0.1) is 16.0 Å². The fraction of sp³-hybridized carbons (Fsp3) is 0.500. The first-order valence-corrected chi connectivity index (χ1v) is 4.98. The molecule has 0 aliphatic heterocycles. The molecule has 5 heteroatoms. The molecule has 0 unspecified atom stereocenters. The topological polar surface area (TPSA) is 61.6 Å². The Labute approximate surface area is 93.2 Å². The van der Waals surface area contributed by atoms with Crippen LogP contribution in [0.15, 0.2) is 10.9 Å². The van der Waals surface area contributed by atoms with Gasteiger partial charge in [-0.05, 0) is 6.07 Å². The zero-order chi connectivity index (χ0) is 11.6. The van der Waals surface area contributed by atoms with E-state index in [0.29, 0.717) is 4.64 Å². The molecule has 0 bridgehead atoms. The van der Waals surface area contributed by atoms with Gasteiger partial charge in [0.1, 0.15) is 11.2 Å². The number of H-pyrrole nitrogens is 1. The lowest BCUT2D eigenvalue weighted by Crippen LogP contribution is -2.31. The number of nitriles is 1. The van der Waals surface area contributed by atoms with Crippen molar-refractivity contribution in [3.05, 3.63) is 26.9 Å². The van der Waals surface area contributed by atoms with E-state index in [1.165, 1.54) is 4.57 Å². The third kappa shape index (κ3) is 2.54. The van der Waals surface area contributed by atoms with E-state index >= 15 is 0 Å². The third-order valence-electron chi connectivity index (χ3n) is 2.03. The van der Waals surface area contributed by atoms with Gasteiger partial charge in [0.15, 0.2) is 0 Å². The summed E-state index contributed by atoms with van der Waals surface area (Å²) in [5.41, 5.74) is 0.241. The Balaban J connectivity index is 3.56. The normalized spacial score (nSPS) is 11.1. The zero-order valence-corrected chi connectivity index (χ0v) is 9.81. The Bertz CT molecular complexity index is 513. The van der Waals surface area contributed by atoms with Crippen molar-refractivity contribution in [2.75, 3.05) is 0 Å². The van der Waals surface area contributed by atoms with E-state index in [9.17, 15) is 4.79 Å². The lowest BCUT2D eigenvalue weighted by molar-refractivity contribution is 0.514. The molecule has 0 amide bonds. The molecule has 1 aromatic heterocycles. The molecule has 0 aromatic carbocycles. The minimum atomic E-state index is -0.325. The Morgan fingerprint density at radius 3 is 2.67 bits per heavy atom. The molecule has 0 saturated heterocycles. The van der Waals surface area contributed by atoms with E-state index < -0.39 is 0 Å². The fourth-order valence-electron chi connectivity index (χ4n) is 1.37. The summed E-state index contributed by atoms with van der Waals surface area (Å²) in [5, 5.41) is 8.65. The highest BCUT2D eigenvalue weighted by Crippen LogP contribution is 2.20. The second-order valence-electron chi connectivity index (χ2n) is 4.32. The molecule has 4 nitrogen and oxygen atoms in total. The molecule has 0 radical (unpaired) electrons. The van der Waals surface area contributed by atoms with Gasteiger partial charge in [-0.25, -0.2) is 4.79 Å². The molecule has 0 aliphatic carbocycles. The van der Waals surface area contributed by atoms with Crippen LogP contribution >= 0.6 is 12.2 Å². The smallest absolute Gasteiger partial charge is 0.298 e. The van der Waals surface area contributed by atoms with Gasteiger partial charge in [-0.15, -0.1) is 0 Å². The second kappa shape index (κ2) is 3.99. The zero-order valence-electron chi connectivity index (χ0n) is 9.00. The van der Waals surface area contributed by atoms with Crippen LogP contribution in [-0.4, -0.2) is 9.55 Å². The van der Waals surface area contributed by atoms with E-state index in [1.54, 1.807) is 6.07 Å². The molecule has 1 N–H and O–H groups in total. The Morgan fingerprint density at radius 1 is 1.60 bits per heavy atom. The molecule has 1 aromatic rings. The Hall–Kier alpha value is -1.41. The minimum absolute atomic E-state index is 0.0392. The van der Waals surface area contributed by atoms with Crippen LogP contribution in [0.2, 0.25) is 0 Å². The van der Waals surface area contributed by atoms with Crippen LogP contribution in [-0.2, 0) is 12.0 Å². The predicted octanol–water partition coefficient (Wildman–Crippen LogP) is 1.73. The summed E-state index contributed by atoms with van der Waals surface area (Å²) in [6.45, 7) is 5.97. The summed E-state index contributed by atoms with van der Waals surface area (Å²) in [6.07, 6.45) is 0. The summed E-state index contributed by atoms with van der Waals surface area (Å²) in [6, 6.07) is 3.70. The summed E-state index contributed by atoms with van der Waals surface area (Å²) >= 11 is 4.95. The number of nitrogens with zero attached hydrogens (tertiary/aromatic N) is 2. The van der Waals surface area contributed by atoms with Crippen LogP contribution in [0.25, 0.3) is 0 Å². The number of rotatable bonds is 1. The monoisotopic (exact) mass is 223 g/mol. The molecule has 0 fully saturated rings. The Kier molecular flexibility index (Phi) is 3.10. The summed E-state index contributed by atoms with van der Waals surface area (Å²) in [4.78, 5) is 14.1. The molecule has 15 heavy (non-hydrogen) atoms. The third-order valence-corrected chi connectivity index (χ3v) is 2.25. The number of nitrogens with one attached hydrogen (secondary N) is 1. The van der Waals surface area contributed by atoms with Crippen molar-refractivity contribution in [2.45, 2.75) is 32.7 Å². The summed E-state index contributed by atoms with van der Waals surface area (Å²) in [7, 11) is 0. The van der Waals surface area contributed by atoms with E-state index in [-0.39, 0.29) is 17.6 Å². The van der Waals surface area contributed by atoms with Crippen molar-refractivity contribution in [1.29, 1.82) is 5.26 Å². The van der Waals surface area contributed by atoms with Gasteiger partial charge in [0, 0.05) is 11.1 Å². The summed E-state index contributed by atoms with van der Waals surface area (Å²) < 4.78 is 1.81. The first-order valence-electron chi connectivity index (χ1n) is 4.58. The lowest BCUT2D eigenvalue weighted by atomic mass is 9.91. The maximum Gasteiger partial charge on any atom is 0.327 e. The van der Waals surface area contributed by atoms with Crippen LogP contribution < -0.4 is 5.69 Å². The number of hydrogen-bond acceptors (Lipinski definition) is 3. The molecule has 0 atom stereocenters. The van der Waals surface area contributed by atoms with Crippen molar-refractivity contribution in [3.8, 4) is 6.07 Å². The van der Waals surface area contributed by atoms with E-state index in [2.05, 4.69) is 4.98 Å². The maximum absolute atomic E-state index is 11.6. The Morgan fingerprint density at radius 2 is 2.20 bits per heavy atom. The largest absolute Gasteiger partial charge is 0.327 e. The highest BCUT2D eigenvalue weighted by atomic mass is 32.1. The standard InChI is InChI=1S/C10H13N3OS/c1-10(2,3)7-6-8(15)12-9(14)13(7)5-4-11/h6H,5H2,1-3H3,(H,12,14,15). The van der Waals surface area contributed by atoms with Crippen LogP contribution in [0.1, 0.15) is 26.5 Å². The molecule has 0 saturated carbocycles. The molecule has 1 rings (SSSR count). The van der Waals surface area contributed by atoms with E-state index in [1.807, 2.05) is 26.8 Å². The quantitative estimate of drug-likeness (QED) is 0.737. The highest BCUT2D eigenvalue weighted by molar-refractivity contribution is 7.71. The average Bonchev–Trinajstić information content (AvgIpc) is 2.07. The lowest BCUT2D eigenvalue weighted by Gasteiger charge is -2.22. The van der Waals surface area contributed by atoms with Gasteiger partial charge < -0.3 is 0 Å². The van der Waals surface area contributed by atoms with E-state index in [0.717, 1.165) is 5.69 Å². The molecule has 1 heterocycles. The summed E-state index contributed by atoms with van der Waals surface area (Å²) in [5.74, 6) is 0. The van der Waals surface area contributed by atoms with Gasteiger partial charge >= 0.3 is 5.69 Å². The van der Waals surface area contributed by atoms with Crippen molar-refractivity contribution >= 4 is 12.2 Å². The molecule has 80 valence electrons. The van der Waals surface area contributed by atoms with Gasteiger partial charge in [0.2, 0.25) is 0 Å². The van der Waals surface area contributed by atoms with Crippen LogP contribution in [0.4, 0.5) is 0 Å². The first-order chi connectivity index (χ1) is 6.86. The fourth-order valence-corrected chi connectivity index (χ4v) is 1.57. The van der Waals surface area contributed by atoms with Gasteiger partial charge in [-0.1, -0.05) is 33.0 Å². The highest BCUT2D eigenvalue weighted by Gasteiger charge is 2.18. The average molecular weight is 223 g/mol. The number of aromatic nitrogens is 2. The molecule has 0 spiro atoms. The van der Waals surface area contributed by atoms with Crippen LogP contribution in [0.5, 0.6) is 0 Å². The first kappa shape index (κ1) is 11.7. The van der Waals surface area contributed by atoms with Crippen molar-refractivity contribution in [1.82, 2.24) is 9.55 Å². The van der Waals surface area contributed by atoms with Crippen molar-refractivity contribution in [3.63, 3.8) is 0 Å². The molecule has 0 aliphatic rings. The van der Waals surface area contributed by atoms with Crippen molar-refractivity contribution < 1.29 is 0 Å². The number of aromatic amines is 1. The van der Waals surface area contributed by atoms with Gasteiger partial charge in [0.25, 0.3) is 0 Å². The molecular formula is C10H13N3OS. The second-order valence-corrected chi connectivity index (χ2v) is 4.76. The van der Waals surface area contributed by atoms with E-state index in [4.69, 9.17) is 17.5 Å². The van der Waals surface area contributed by atoms with Crippen molar-refractivity contribution in [2.24, 2.45) is 0 Å². The minimum Gasteiger partial charge on any atom is -0.298 e. The van der Waals surface area contributed by atoms with Gasteiger partial charge in [-0.2, -0.15) is 5.26 Å².